The number of ether oxygens (including phenoxy) is 1. The molecule has 0 bridgehead atoms. The summed E-state index contributed by atoms with van der Waals surface area (Å²) in [5.74, 6) is -2.67. The Kier molecular flexibility index (Phi) is 4.11. The Morgan fingerprint density at radius 2 is 2.18 bits per heavy atom. The molecule has 2 aromatic heterocycles. The first-order chi connectivity index (χ1) is 10.5. The SMILES string of the molecule is COC(=O)c1nn(Cc2ccccn2)c(C(=O)O)c1[N+](=O)[O-]. The predicted molar refractivity (Wildman–Crippen MR) is 70.5 cm³/mol. The van der Waals surface area contributed by atoms with Gasteiger partial charge in [0, 0.05) is 6.20 Å². The van der Waals surface area contributed by atoms with Gasteiger partial charge >= 0.3 is 17.6 Å². The molecule has 2 aromatic rings. The molecule has 0 unspecified atom stereocenters. The smallest absolute Gasteiger partial charge is 0.365 e. The van der Waals surface area contributed by atoms with E-state index in [4.69, 9.17) is 0 Å². The molecule has 2 rings (SSSR count). The Hall–Kier alpha value is -3.30. The van der Waals surface area contributed by atoms with Crippen molar-refractivity contribution in [1.82, 2.24) is 14.8 Å². The van der Waals surface area contributed by atoms with Gasteiger partial charge in [-0.1, -0.05) is 6.07 Å². The molecule has 114 valence electrons. The molecular formula is C12H10N4O6. The number of nitrogens with zero attached hydrogens (tertiary/aromatic N) is 4. The molecule has 0 aliphatic heterocycles. The van der Waals surface area contributed by atoms with E-state index in [0.29, 0.717) is 5.69 Å². The fraction of sp³-hybridized carbons (Fsp3) is 0.167. The maximum atomic E-state index is 11.6. The maximum absolute atomic E-state index is 11.6. The monoisotopic (exact) mass is 306 g/mol. The first-order valence-corrected chi connectivity index (χ1v) is 5.92. The van der Waals surface area contributed by atoms with Crippen LogP contribution in [0.2, 0.25) is 0 Å². The molecule has 0 aliphatic carbocycles. The van der Waals surface area contributed by atoms with Crippen LogP contribution in [0.15, 0.2) is 24.4 Å². The maximum Gasteiger partial charge on any atom is 0.365 e. The summed E-state index contributed by atoms with van der Waals surface area (Å²) in [4.78, 5) is 37.0. The van der Waals surface area contributed by atoms with Gasteiger partial charge in [0.2, 0.25) is 11.4 Å². The summed E-state index contributed by atoms with van der Waals surface area (Å²) < 4.78 is 5.24. The van der Waals surface area contributed by atoms with Gasteiger partial charge in [-0.3, -0.25) is 15.1 Å². The molecule has 10 heteroatoms. The second kappa shape index (κ2) is 5.99. The van der Waals surface area contributed by atoms with E-state index in [9.17, 15) is 24.8 Å². The molecule has 10 nitrogen and oxygen atoms in total. The summed E-state index contributed by atoms with van der Waals surface area (Å²) in [6.45, 7) is -0.139. The molecule has 1 N–H and O–H groups in total. The van der Waals surface area contributed by atoms with Gasteiger partial charge in [0.25, 0.3) is 0 Å². The first-order valence-electron chi connectivity index (χ1n) is 5.92. The normalized spacial score (nSPS) is 10.2. The number of carbonyl (C=O) groups is 2. The third kappa shape index (κ3) is 2.75. The largest absolute Gasteiger partial charge is 0.476 e. The minimum Gasteiger partial charge on any atom is -0.476 e. The first kappa shape index (κ1) is 15.1. The zero-order chi connectivity index (χ0) is 16.3. The van der Waals surface area contributed by atoms with Crippen LogP contribution in [0, 0.1) is 10.1 Å². The number of carboxylic acid groups (broad SMARTS) is 1. The van der Waals surface area contributed by atoms with E-state index >= 15 is 0 Å². The Morgan fingerprint density at radius 1 is 1.45 bits per heavy atom. The van der Waals surface area contributed by atoms with Gasteiger partial charge in [-0.25, -0.2) is 14.3 Å². The molecule has 0 radical (unpaired) electrons. The molecule has 0 atom stereocenters. The van der Waals surface area contributed by atoms with Gasteiger partial charge in [0.05, 0.1) is 24.3 Å². The quantitative estimate of drug-likeness (QED) is 0.484. The van der Waals surface area contributed by atoms with Crippen molar-refractivity contribution in [2.24, 2.45) is 0 Å². The number of rotatable bonds is 5. The van der Waals surface area contributed by atoms with Gasteiger partial charge in [-0.15, -0.1) is 0 Å². The van der Waals surface area contributed by atoms with Crippen LogP contribution in [-0.2, 0) is 11.3 Å². The lowest BCUT2D eigenvalue weighted by Gasteiger charge is -2.02. The second-order valence-electron chi connectivity index (χ2n) is 4.08. The van der Waals surface area contributed by atoms with E-state index in [1.807, 2.05) is 0 Å². The molecule has 0 saturated heterocycles. The van der Waals surface area contributed by atoms with Crippen molar-refractivity contribution in [3.63, 3.8) is 0 Å². The van der Waals surface area contributed by atoms with Crippen LogP contribution >= 0.6 is 0 Å². The highest BCUT2D eigenvalue weighted by Gasteiger charge is 2.36. The van der Waals surface area contributed by atoms with Crippen LogP contribution in [0.4, 0.5) is 5.69 Å². The Morgan fingerprint density at radius 3 is 2.68 bits per heavy atom. The van der Waals surface area contributed by atoms with Crippen molar-refractivity contribution in [3.05, 3.63) is 51.6 Å². The van der Waals surface area contributed by atoms with Crippen molar-refractivity contribution in [1.29, 1.82) is 0 Å². The van der Waals surface area contributed by atoms with Gasteiger partial charge in [0.15, 0.2) is 0 Å². The Balaban J connectivity index is 2.60. The standard InChI is InChI=1S/C12H10N4O6/c1-22-12(19)8-9(16(20)21)10(11(17)18)15(14-8)6-7-4-2-3-5-13-7/h2-5H,6H2,1H3,(H,17,18). The minimum atomic E-state index is -1.58. The molecule has 0 amide bonds. The average Bonchev–Trinajstić information content (AvgIpc) is 2.87. The molecule has 0 saturated carbocycles. The van der Waals surface area contributed by atoms with Gasteiger partial charge in [-0.05, 0) is 12.1 Å². The van der Waals surface area contributed by atoms with Crippen molar-refractivity contribution in [3.8, 4) is 0 Å². The van der Waals surface area contributed by atoms with Gasteiger partial charge in [-0.2, -0.15) is 5.10 Å². The number of hydrogen-bond acceptors (Lipinski definition) is 7. The summed E-state index contributed by atoms with van der Waals surface area (Å²) in [5, 5.41) is 24.0. The third-order valence-electron chi connectivity index (χ3n) is 2.73. The second-order valence-corrected chi connectivity index (χ2v) is 4.08. The average molecular weight is 306 g/mol. The summed E-state index contributed by atoms with van der Waals surface area (Å²) >= 11 is 0. The highest BCUT2D eigenvalue weighted by molar-refractivity contribution is 5.99. The zero-order valence-corrected chi connectivity index (χ0v) is 11.3. The van der Waals surface area contributed by atoms with E-state index in [1.54, 1.807) is 18.2 Å². The van der Waals surface area contributed by atoms with Gasteiger partial charge < -0.3 is 9.84 Å². The van der Waals surface area contributed by atoms with Crippen molar-refractivity contribution < 1.29 is 24.4 Å². The summed E-state index contributed by atoms with van der Waals surface area (Å²) in [6.07, 6.45) is 1.48. The lowest BCUT2D eigenvalue weighted by molar-refractivity contribution is -0.385. The van der Waals surface area contributed by atoms with Crippen LogP contribution in [0.3, 0.4) is 0 Å². The van der Waals surface area contributed by atoms with E-state index in [2.05, 4.69) is 14.8 Å². The van der Waals surface area contributed by atoms with Crippen LogP contribution < -0.4 is 0 Å². The summed E-state index contributed by atoms with van der Waals surface area (Å²) in [5.41, 5.74) is -1.86. The molecule has 0 spiro atoms. The lowest BCUT2D eigenvalue weighted by atomic mass is 10.3. The number of aromatic carboxylic acids is 1. The van der Waals surface area contributed by atoms with E-state index in [1.165, 1.54) is 6.20 Å². The van der Waals surface area contributed by atoms with Crippen molar-refractivity contribution in [2.45, 2.75) is 6.54 Å². The molecule has 2 heterocycles. The van der Waals surface area contributed by atoms with Crippen LogP contribution in [0.5, 0.6) is 0 Å². The van der Waals surface area contributed by atoms with E-state index in [-0.39, 0.29) is 6.54 Å². The van der Waals surface area contributed by atoms with Gasteiger partial charge in [0.1, 0.15) is 0 Å². The fourth-order valence-electron chi connectivity index (χ4n) is 1.83. The van der Waals surface area contributed by atoms with Crippen molar-refractivity contribution >= 4 is 17.6 Å². The molecule has 22 heavy (non-hydrogen) atoms. The third-order valence-corrected chi connectivity index (χ3v) is 2.73. The Labute approximate surface area is 123 Å². The Bertz CT molecular complexity index is 740. The van der Waals surface area contributed by atoms with Crippen LogP contribution in [0.1, 0.15) is 26.7 Å². The van der Waals surface area contributed by atoms with Crippen LogP contribution in [0.25, 0.3) is 0 Å². The number of methoxy groups -OCH3 is 1. The number of pyridine rings is 1. The lowest BCUT2D eigenvalue weighted by Crippen LogP contribution is -2.13. The number of carboxylic acids is 1. The summed E-state index contributed by atoms with van der Waals surface area (Å²) in [7, 11) is 1.02. The van der Waals surface area contributed by atoms with E-state index in [0.717, 1.165) is 11.8 Å². The van der Waals surface area contributed by atoms with Crippen molar-refractivity contribution in [2.75, 3.05) is 7.11 Å². The topological polar surface area (TPSA) is 137 Å². The molecular weight excluding hydrogens is 296 g/mol. The number of aromatic nitrogens is 3. The zero-order valence-electron chi connectivity index (χ0n) is 11.3. The highest BCUT2D eigenvalue weighted by atomic mass is 16.6. The van der Waals surface area contributed by atoms with Crippen LogP contribution in [-0.4, -0.2) is 43.8 Å². The highest BCUT2D eigenvalue weighted by Crippen LogP contribution is 2.25. The number of esters is 1. The summed E-state index contributed by atoms with van der Waals surface area (Å²) in [6, 6.07) is 4.92. The number of carbonyl (C=O) groups excluding carboxylic acids is 1. The predicted octanol–water partition coefficient (Wildman–Crippen LogP) is 0.719. The fourth-order valence-corrected chi connectivity index (χ4v) is 1.83. The minimum absolute atomic E-state index is 0.139. The number of nitro groups is 1. The molecule has 0 aliphatic rings. The van der Waals surface area contributed by atoms with E-state index < -0.39 is 33.9 Å². The number of hydrogen-bond donors (Lipinski definition) is 1. The molecule has 0 fully saturated rings. The molecule has 0 aromatic carbocycles.